The third-order valence-corrected chi connectivity index (χ3v) is 7.81. The number of fused-ring (bicyclic) bond motifs is 4. The Morgan fingerprint density at radius 1 is 1.21 bits per heavy atom. The molecule has 1 aromatic carbocycles. The van der Waals surface area contributed by atoms with Gasteiger partial charge in [-0.2, -0.15) is 0 Å². The molecule has 0 saturated heterocycles. The molecule has 148 valence electrons. The summed E-state index contributed by atoms with van der Waals surface area (Å²) in [6.07, 6.45) is 5.09. The van der Waals surface area contributed by atoms with Crippen molar-refractivity contribution in [3.8, 4) is 0 Å². The highest BCUT2D eigenvalue weighted by atomic mass is 127. The van der Waals surface area contributed by atoms with E-state index < -0.39 is 0 Å². The Hall–Kier alpha value is -1.94. The predicted octanol–water partition coefficient (Wildman–Crippen LogP) is 4.69. The van der Waals surface area contributed by atoms with Crippen molar-refractivity contribution in [2.75, 3.05) is 29.5 Å². The smallest absolute Gasteiger partial charge is 0.129 e. The zero-order valence-electron chi connectivity index (χ0n) is 15.5. The fourth-order valence-electron chi connectivity index (χ4n) is 4.64. The van der Waals surface area contributed by atoms with Crippen molar-refractivity contribution in [3.05, 3.63) is 65.4 Å². The third-order valence-electron chi connectivity index (χ3n) is 6.07. The van der Waals surface area contributed by atoms with Crippen LogP contribution in [0.2, 0.25) is 0 Å². The molecule has 0 radical (unpaired) electrons. The van der Waals surface area contributed by atoms with E-state index in [9.17, 15) is 4.39 Å². The molecule has 5 nitrogen and oxygen atoms in total. The maximum atomic E-state index is 13.8. The van der Waals surface area contributed by atoms with E-state index in [0.29, 0.717) is 6.04 Å². The van der Waals surface area contributed by atoms with Gasteiger partial charge in [-0.05, 0) is 36.4 Å². The number of pyridine rings is 1. The van der Waals surface area contributed by atoms with Gasteiger partial charge in [-0.3, -0.25) is 3.97 Å². The first-order valence-corrected chi connectivity index (χ1v) is 12.9. The van der Waals surface area contributed by atoms with Crippen molar-refractivity contribution in [1.29, 1.82) is 0 Å². The maximum absolute atomic E-state index is 13.8. The number of rotatable bonds is 3. The minimum absolute atomic E-state index is 0.188. The highest BCUT2D eigenvalue weighted by Crippen LogP contribution is 2.37. The van der Waals surface area contributed by atoms with Crippen molar-refractivity contribution in [1.82, 2.24) is 8.96 Å². The van der Waals surface area contributed by atoms with Crippen LogP contribution in [0.1, 0.15) is 11.3 Å². The summed E-state index contributed by atoms with van der Waals surface area (Å²) in [6.45, 7) is 3.28. The van der Waals surface area contributed by atoms with E-state index in [0.717, 1.165) is 60.8 Å². The van der Waals surface area contributed by atoms with Crippen molar-refractivity contribution < 1.29 is 9.13 Å². The summed E-state index contributed by atoms with van der Waals surface area (Å²) in [5.74, 6) is 1.87. The quantitative estimate of drug-likeness (QED) is 0.469. The van der Waals surface area contributed by atoms with Crippen LogP contribution in [0.4, 0.5) is 15.9 Å². The van der Waals surface area contributed by atoms with Gasteiger partial charge < -0.3 is 14.5 Å². The average molecular weight is 520 g/mol. The molecule has 2 bridgehead atoms. The molecule has 3 aliphatic rings. The number of benzene rings is 1. The van der Waals surface area contributed by atoms with Gasteiger partial charge in [0.05, 0.1) is 30.0 Å². The van der Waals surface area contributed by atoms with Gasteiger partial charge in [0.1, 0.15) is 24.0 Å². The highest BCUT2D eigenvalue weighted by Gasteiger charge is 2.33. The first-order valence-electron chi connectivity index (χ1n) is 9.63. The van der Waals surface area contributed by atoms with Crippen LogP contribution < -0.4 is 9.80 Å². The molecule has 6 rings (SSSR count). The van der Waals surface area contributed by atoms with E-state index in [1.54, 1.807) is 21.3 Å². The van der Waals surface area contributed by atoms with Gasteiger partial charge in [0.25, 0.3) is 0 Å². The molecule has 0 fully saturated rings. The van der Waals surface area contributed by atoms with Crippen LogP contribution in [-0.2, 0) is 17.7 Å². The highest BCUT2D eigenvalue weighted by molar-refractivity contribution is 14.2. The fourth-order valence-corrected chi connectivity index (χ4v) is 6.50. The molecule has 0 aliphatic carbocycles. The SMILES string of the molecule is Fc1ccc2c3c(n(SI)c2c1)CCN(c1ccc(N2CC4=C[C@H]2CO4)nc1)C3. The molecule has 0 amide bonds. The van der Waals surface area contributed by atoms with Crippen molar-refractivity contribution in [2.45, 2.75) is 19.0 Å². The van der Waals surface area contributed by atoms with Gasteiger partial charge in [0.15, 0.2) is 0 Å². The molecule has 0 spiro atoms. The first-order chi connectivity index (χ1) is 14.2. The summed E-state index contributed by atoms with van der Waals surface area (Å²) in [7, 11) is 1.62. The minimum atomic E-state index is -0.188. The lowest BCUT2D eigenvalue weighted by Crippen LogP contribution is -2.37. The summed E-state index contributed by atoms with van der Waals surface area (Å²) < 4.78 is 21.6. The molecular weight excluding hydrogens is 502 g/mol. The van der Waals surface area contributed by atoms with Crippen LogP contribution in [0.25, 0.3) is 10.9 Å². The second-order valence-electron chi connectivity index (χ2n) is 7.64. The van der Waals surface area contributed by atoms with E-state index in [-0.39, 0.29) is 5.82 Å². The van der Waals surface area contributed by atoms with Crippen LogP contribution in [0.5, 0.6) is 0 Å². The van der Waals surface area contributed by atoms with Gasteiger partial charge in [0.2, 0.25) is 0 Å². The van der Waals surface area contributed by atoms with Crippen LogP contribution in [-0.4, -0.2) is 34.7 Å². The summed E-state index contributed by atoms with van der Waals surface area (Å²) in [4.78, 5) is 9.39. The van der Waals surface area contributed by atoms with Crippen molar-refractivity contribution in [2.24, 2.45) is 0 Å². The normalized spacial score (nSPS) is 20.2. The second-order valence-corrected chi connectivity index (χ2v) is 9.32. The van der Waals surface area contributed by atoms with Gasteiger partial charge in [-0.25, -0.2) is 9.37 Å². The zero-order chi connectivity index (χ0) is 19.5. The molecule has 8 heteroatoms. The standard InChI is InChI=1S/C21H18FIN4OS/c22-13-1-3-17-18-11-25(6-5-19(18)27(29-23)20(17)7-13)14-2-4-21(24-9-14)26-10-16-8-15(26)12-28-16/h1-4,7-9,15H,5-6,10-12H2/t15-/m0/s1. The van der Waals surface area contributed by atoms with E-state index in [2.05, 4.69) is 53.2 Å². The summed E-state index contributed by atoms with van der Waals surface area (Å²) in [5.41, 5.74) is 4.68. The topological polar surface area (TPSA) is 33.5 Å². The molecular formula is C21H18FIN4OS. The number of ether oxygens (including phenoxy) is 1. The zero-order valence-corrected chi connectivity index (χ0v) is 18.5. The Morgan fingerprint density at radius 3 is 2.86 bits per heavy atom. The fraction of sp³-hybridized carbons (Fsp3) is 0.286. The number of nitrogens with zero attached hydrogens (tertiary/aromatic N) is 4. The molecule has 5 heterocycles. The molecule has 0 unspecified atom stereocenters. The predicted molar refractivity (Wildman–Crippen MR) is 123 cm³/mol. The van der Waals surface area contributed by atoms with E-state index >= 15 is 0 Å². The Kier molecular flexibility index (Phi) is 4.19. The Labute approximate surface area is 184 Å². The third kappa shape index (κ3) is 2.83. The monoisotopic (exact) mass is 520 g/mol. The second kappa shape index (κ2) is 6.80. The Balaban J connectivity index is 1.29. The molecule has 29 heavy (non-hydrogen) atoms. The number of morpholine rings is 1. The minimum Gasteiger partial charge on any atom is -0.494 e. The number of halogens is 2. The van der Waals surface area contributed by atoms with Crippen molar-refractivity contribution >= 4 is 52.7 Å². The van der Waals surface area contributed by atoms with Gasteiger partial charge in [-0.15, -0.1) is 0 Å². The molecule has 3 aliphatic heterocycles. The summed E-state index contributed by atoms with van der Waals surface area (Å²) >= 11 is 2.28. The molecule has 0 saturated carbocycles. The number of hydrogen-bond donors (Lipinski definition) is 0. The lowest BCUT2D eigenvalue weighted by atomic mass is 10.0. The summed E-state index contributed by atoms with van der Waals surface area (Å²) in [5, 5.41) is 1.14. The van der Waals surface area contributed by atoms with E-state index in [4.69, 9.17) is 9.72 Å². The average Bonchev–Trinajstić information content (AvgIpc) is 3.46. The Bertz CT molecular complexity index is 1150. The Morgan fingerprint density at radius 2 is 2.14 bits per heavy atom. The number of anilines is 2. The number of aromatic nitrogens is 2. The van der Waals surface area contributed by atoms with Gasteiger partial charge in [0, 0.05) is 66.5 Å². The lowest BCUT2D eigenvalue weighted by molar-refractivity contribution is 0.205. The summed E-state index contributed by atoms with van der Waals surface area (Å²) in [6, 6.07) is 9.70. The van der Waals surface area contributed by atoms with Crippen LogP contribution in [0.15, 0.2) is 48.4 Å². The van der Waals surface area contributed by atoms with E-state index in [1.165, 1.54) is 11.3 Å². The molecule has 1 atom stereocenters. The van der Waals surface area contributed by atoms with Crippen LogP contribution in [0, 0.1) is 5.82 Å². The van der Waals surface area contributed by atoms with Crippen LogP contribution in [0.3, 0.4) is 0 Å². The van der Waals surface area contributed by atoms with Crippen molar-refractivity contribution in [3.63, 3.8) is 0 Å². The van der Waals surface area contributed by atoms with Gasteiger partial charge >= 0.3 is 0 Å². The largest absolute Gasteiger partial charge is 0.494 e. The maximum Gasteiger partial charge on any atom is 0.129 e. The van der Waals surface area contributed by atoms with Crippen LogP contribution >= 0.6 is 30.3 Å². The molecule has 0 N–H and O–H groups in total. The van der Waals surface area contributed by atoms with E-state index in [1.807, 2.05) is 12.3 Å². The number of hydrogen-bond acceptors (Lipinski definition) is 5. The van der Waals surface area contributed by atoms with Gasteiger partial charge in [-0.1, -0.05) is 0 Å². The molecule has 3 aromatic rings. The molecule has 2 aromatic heterocycles. The lowest BCUT2D eigenvalue weighted by Gasteiger charge is -2.31. The first kappa shape index (κ1) is 17.9.